The number of nitrogens with zero attached hydrogens (tertiary/aromatic N) is 5. The van der Waals surface area contributed by atoms with Gasteiger partial charge in [0.05, 0.1) is 30.1 Å². The molecule has 0 aliphatic carbocycles. The van der Waals surface area contributed by atoms with Gasteiger partial charge in [-0.1, -0.05) is 0 Å². The quantitative estimate of drug-likeness (QED) is 0.713. The highest BCUT2D eigenvalue weighted by Crippen LogP contribution is 2.47. The highest BCUT2D eigenvalue weighted by molar-refractivity contribution is 8.30. The van der Waals surface area contributed by atoms with Crippen LogP contribution in [0.5, 0.6) is 0 Å². The molecule has 3 heterocycles. The van der Waals surface area contributed by atoms with Crippen LogP contribution in [0.15, 0.2) is 9.98 Å². The lowest BCUT2D eigenvalue weighted by Crippen LogP contribution is -2.42. The van der Waals surface area contributed by atoms with Gasteiger partial charge in [-0.2, -0.15) is 0 Å². The van der Waals surface area contributed by atoms with E-state index in [1.807, 2.05) is 7.05 Å². The standard InChI is InChI=1S/C12H20N7S2/c1-8-9(2)19-12(18(8)15-10(13-3)20-12)21-11(16-19)14-6-7-17(4)5/h6-7H2,1-5H3,(H,14,16)/q+1/p+1. The van der Waals surface area contributed by atoms with Gasteiger partial charge >= 0.3 is 4.33 Å². The molecule has 0 amide bonds. The van der Waals surface area contributed by atoms with Crippen molar-refractivity contribution in [3.63, 3.8) is 0 Å². The Hall–Kier alpha value is -1.06. The summed E-state index contributed by atoms with van der Waals surface area (Å²) in [6.45, 7) is 5.98. The Morgan fingerprint density at radius 3 is 2.24 bits per heavy atom. The van der Waals surface area contributed by atoms with Gasteiger partial charge in [0.2, 0.25) is 10.3 Å². The van der Waals surface area contributed by atoms with Crippen molar-refractivity contribution in [2.45, 2.75) is 18.2 Å². The number of hydrazone groups is 2. The van der Waals surface area contributed by atoms with Crippen molar-refractivity contribution in [2.24, 2.45) is 9.98 Å². The van der Waals surface area contributed by atoms with Crippen LogP contribution in [0.1, 0.15) is 13.8 Å². The van der Waals surface area contributed by atoms with Crippen LogP contribution in [0.3, 0.4) is 0 Å². The second-order valence-electron chi connectivity index (χ2n) is 5.34. The summed E-state index contributed by atoms with van der Waals surface area (Å²) < 4.78 is 4.07. The third-order valence-corrected chi connectivity index (χ3v) is 6.28. The van der Waals surface area contributed by atoms with Crippen molar-refractivity contribution in [2.75, 3.05) is 34.2 Å². The molecule has 1 unspecified atom stereocenters. The predicted molar refractivity (Wildman–Crippen MR) is 90.3 cm³/mol. The van der Waals surface area contributed by atoms with Crippen LogP contribution in [-0.2, 0) is 0 Å². The largest absolute Gasteiger partial charge is 0.518 e. The maximum Gasteiger partial charge on any atom is 0.518 e. The maximum atomic E-state index is 4.67. The molecule has 0 aromatic carbocycles. The Morgan fingerprint density at radius 2 is 1.67 bits per heavy atom. The lowest BCUT2D eigenvalue weighted by molar-refractivity contribution is -0.779. The molecule has 9 heteroatoms. The average molecular weight is 327 g/mol. The van der Waals surface area contributed by atoms with E-state index >= 15 is 0 Å². The minimum absolute atomic E-state index is 0.278. The second-order valence-corrected chi connectivity index (χ2v) is 7.92. The fourth-order valence-electron chi connectivity index (χ4n) is 2.36. The van der Waals surface area contributed by atoms with E-state index in [1.54, 1.807) is 23.5 Å². The first-order chi connectivity index (χ1) is 9.98. The summed E-state index contributed by atoms with van der Waals surface area (Å²) in [5.74, 6) is 0. The predicted octanol–water partition coefficient (Wildman–Crippen LogP) is -0.0357. The van der Waals surface area contributed by atoms with Gasteiger partial charge in [0.15, 0.2) is 0 Å². The number of amidine groups is 2. The number of hydrazine groups is 2. The Morgan fingerprint density at radius 1 is 1.10 bits per heavy atom. The molecule has 7 nitrogen and oxygen atoms in total. The van der Waals surface area contributed by atoms with E-state index < -0.39 is 0 Å². The summed E-state index contributed by atoms with van der Waals surface area (Å²) in [6.07, 6.45) is 0. The van der Waals surface area contributed by atoms with Crippen molar-refractivity contribution in [3.05, 3.63) is 0 Å². The Bertz CT molecular complexity index is 605. The zero-order chi connectivity index (χ0) is 15.2. The molecule has 3 aliphatic rings. The first kappa shape index (κ1) is 14.9. The van der Waals surface area contributed by atoms with Crippen LogP contribution >= 0.6 is 23.5 Å². The molecule has 1 atom stereocenters. The minimum atomic E-state index is -0.278. The molecular weight excluding hydrogens is 306 g/mol. The summed E-state index contributed by atoms with van der Waals surface area (Å²) in [7, 11) is 5.93. The Labute approximate surface area is 133 Å². The maximum absolute atomic E-state index is 4.67. The molecule has 0 aromatic heterocycles. The first-order valence-electron chi connectivity index (χ1n) is 6.83. The van der Waals surface area contributed by atoms with E-state index in [9.17, 15) is 0 Å². The van der Waals surface area contributed by atoms with Crippen LogP contribution in [0.2, 0.25) is 0 Å². The molecule has 21 heavy (non-hydrogen) atoms. The number of aliphatic imine (C=N–C) groups is 2. The Balaban J connectivity index is 1.88. The normalized spacial score (nSPS) is 31.3. The van der Waals surface area contributed by atoms with Crippen LogP contribution in [0, 0.1) is 0 Å². The van der Waals surface area contributed by atoms with E-state index in [4.69, 9.17) is 0 Å². The molecule has 3 rings (SSSR count). The van der Waals surface area contributed by atoms with Gasteiger partial charge in [-0.15, -0.1) is 10.9 Å². The zero-order valence-corrected chi connectivity index (χ0v) is 14.6. The SMILES string of the molecule is CN=C1N[N+]2=C(C)C(C)=[N+]3NC(=NCCN(C)C)SC23S1. The molecule has 0 radical (unpaired) electrons. The van der Waals surface area contributed by atoms with Crippen LogP contribution in [-0.4, -0.2) is 74.6 Å². The monoisotopic (exact) mass is 327 g/mol. The van der Waals surface area contributed by atoms with Gasteiger partial charge in [-0.3, -0.25) is 9.98 Å². The first-order valence-corrected chi connectivity index (χ1v) is 8.46. The summed E-state index contributed by atoms with van der Waals surface area (Å²) in [5.41, 5.74) is 9.19. The van der Waals surface area contributed by atoms with Crippen molar-refractivity contribution >= 4 is 45.3 Å². The lowest BCUT2D eigenvalue weighted by Gasteiger charge is -2.05. The van der Waals surface area contributed by atoms with Crippen molar-refractivity contribution in [3.8, 4) is 0 Å². The van der Waals surface area contributed by atoms with Gasteiger partial charge in [0, 0.05) is 27.4 Å². The number of hydrogen-bond donors (Lipinski definition) is 2. The number of rotatable bonds is 3. The third kappa shape index (κ3) is 2.27. The molecular formula is C12H21N7S2+2. The second kappa shape index (κ2) is 5.29. The number of thioether (sulfide) groups is 2. The number of hydrogen-bond acceptors (Lipinski definition) is 5. The Kier molecular flexibility index (Phi) is 3.74. The highest BCUT2D eigenvalue weighted by atomic mass is 32.2. The molecule has 1 spiro atoms. The molecule has 2 N–H and O–H groups in total. The molecule has 0 aromatic rings. The van der Waals surface area contributed by atoms with Crippen molar-refractivity contribution in [1.82, 2.24) is 15.8 Å². The molecule has 0 saturated carbocycles. The van der Waals surface area contributed by atoms with Crippen molar-refractivity contribution in [1.29, 1.82) is 0 Å². The molecule has 0 bridgehead atoms. The van der Waals surface area contributed by atoms with Gasteiger partial charge in [0.25, 0.3) is 11.4 Å². The minimum Gasteiger partial charge on any atom is -0.308 e. The van der Waals surface area contributed by atoms with E-state index in [1.165, 1.54) is 11.4 Å². The topological polar surface area (TPSA) is 58.0 Å². The van der Waals surface area contributed by atoms with Gasteiger partial charge in [0.1, 0.15) is 0 Å². The summed E-state index contributed by atoms with van der Waals surface area (Å²) in [4.78, 5) is 11.1. The van der Waals surface area contributed by atoms with Gasteiger partial charge in [-0.25, -0.2) is 0 Å². The smallest absolute Gasteiger partial charge is 0.308 e. The number of nitrogens with one attached hydrogen (secondary N) is 2. The number of likely N-dealkylation sites (N-methyl/N-ethyl adjacent to an activating group) is 1. The van der Waals surface area contributed by atoms with Gasteiger partial charge < -0.3 is 4.90 Å². The fourth-order valence-corrected chi connectivity index (χ4v) is 5.12. The molecule has 114 valence electrons. The zero-order valence-electron chi connectivity index (χ0n) is 13.0. The average Bonchev–Trinajstić information content (AvgIpc) is 3.03. The summed E-state index contributed by atoms with van der Waals surface area (Å²) in [6, 6.07) is 0. The van der Waals surface area contributed by atoms with Crippen molar-refractivity contribution < 1.29 is 9.37 Å². The van der Waals surface area contributed by atoms with Crippen LogP contribution < -0.4 is 10.9 Å². The van der Waals surface area contributed by atoms with E-state index in [0.717, 1.165) is 23.4 Å². The molecule has 3 aliphatic heterocycles. The van der Waals surface area contributed by atoms with E-state index in [0.29, 0.717) is 0 Å². The highest BCUT2D eigenvalue weighted by Gasteiger charge is 2.74. The summed E-state index contributed by atoms with van der Waals surface area (Å²) >= 11 is 3.44. The van der Waals surface area contributed by atoms with Crippen LogP contribution in [0.4, 0.5) is 0 Å². The summed E-state index contributed by atoms with van der Waals surface area (Å²) in [5, 5.41) is 1.89. The lowest BCUT2D eigenvalue weighted by atomic mass is 10.3. The third-order valence-electron chi connectivity index (χ3n) is 3.64. The molecule has 2 fully saturated rings. The van der Waals surface area contributed by atoms with E-state index in [-0.39, 0.29) is 4.33 Å². The van der Waals surface area contributed by atoms with Gasteiger partial charge in [-0.05, 0) is 23.5 Å². The van der Waals surface area contributed by atoms with Crippen LogP contribution in [0.25, 0.3) is 0 Å². The molecule has 2 saturated heterocycles. The fraction of sp³-hybridized carbons (Fsp3) is 0.667. The van der Waals surface area contributed by atoms with E-state index in [2.05, 4.69) is 63.0 Å².